The summed E-state index contributed by atoms with van der Waals surface area (Å²) in [6.07, 6.45) is 10.9. The van der Waals surface area contributed by atoms with Gasteiger partial charge in [0, 0.05) is 5.57 Å². The number of rotatable bonds is 4. The van der Waals surface area contributed by atoms with E-state index in [9.17, 15) is 0 Å². The fourth-order valence-corrected chi connectivity index (χ4v) is 0.969. The van der Waals surface area contributed by atoms with Crippen LogP contribution in [0.4, 0.5) is 0 Å². The summed E-state index contributed by atoms with van der Waals surface area (Å²) >= 11 is 0. The first kappa shape index (κ1) is 11.7. The maximum Gasteiger partial charge on any atom is 0.000323 e. The molecule has 0 heteroatoms. The minimum Gasteiger partial charge on any atom is -0.117 e. The van der Waals surface area contributed by atoms with E-state index in [1.165, 1.54) is 0 Å². The van der Waals surface area contributed by atoms with Gasteiger partial charge in [0.2, 0.25) is 0 Å². The lowest BCUT2D eigenvalue weighted by molar-refractivity contribution is 1.13. The van der Waals surface area contributed by atoms with Gasteiger partial charge >= 0.3 is 0 Å². The molecule has 0 atom stereocenters. The third-order valence-corrected chi connectivity index (χ3v) is 1.66. The Hall–Kier alpha value is -1.26. The first-order chi connectivity index (χ1) is 6.26. The van der Waals surface area contributed by atoms with Gasteiger partial charge in [-0.15, -0.1) is 5.73 Å². The molecule has 0 N–H and O–H groups in total. The second-order valence-electron chi connectivity index (χ2n) is 2.69. The predicted molar refractivity (Wildman–Crippen MR) is 60.7 cm³/mol. The van der Waals surface area contributed by atoms with Gasteiger partial charge in [-0.3, -0.25) is 0 Å². The first-order valence-electron chi connectivity index (χ1n) is 4.65. The van der Waals surface area contributed by atoms with E-state index in [0.29, 0.717) is 0 Å². The van der Waals surface area contributed by atoms with Crippen LogP contribution in [0, 0.1) is 0 Å². The molecule has 0 saturated carbocycles. The topological polar surface area (TPSA) is 0 Å². The predicted octanol–water partition coefficient (Wildman–Crippen LogP) is 4.19. The Morgan fingerprint density at radius 1 is 1.31 bits per heavy atom. The van der Waals surface area contributed by atoms with Crippen molar-refractivity contribution in [1.29, 1.82) is 0 Å². The van der Waals surface area contributed by atoms with E-state index in [2.05, 4.69) is 19.2 Å². The zero-order valence-electron chi connectivity index (χ0n) is 8.80. The van der Waals surface area contributed by atoms with Crippen LogP contribution in [-0.4, -0.2) is 0 Å². The van der Waals surface area contributed by atoms with Crippen LogP contribution in [0.5, 0.6) is 0 Å². The molecule has 0 aliphatic carbocycles. The van der Waals surface area contributed by atoms with Crippen LogP contribution in [0.3, 0.4) is 0 Å². The van der Waals surface area contributed by atoms with E-state index in [1.807, 2.05) is 44.2 Å². The highest BCUT2D eigenvalue weighted by atomic mass is 14.0. The molecule has 0 saturated heterocycles. The van der Waals surface area contributed by atoms with Crippen molar-refractivity contribution >= 4 is 0 Å². The van der Waals surface area contributed by atoms with Crippen molar-refractivity contribution in [3.63, 3.8) is 0 Å². The molecule has 0 spiro atoms. The zero-order chi connectivity index (χ0) is 10.1. The summed E-state index contributed by atoms with van der Waals surface area (Å²) in [6.45, 7) is 10.1. The van der Waals surface area contributed by atoms with Gasteiger partial charge in [-0.05, 0) is 31.9 Å². The Bertz CT molecular complexity index is 268. The van der Waals surface area contributed by atoms with Crippen LogP contribution in [-0.2, 0) is 0 Å². The Labute approximate surface area is 81.7 Å². The largest absolute Gasteiger partial charge is 0.117 e. The molecule has 13 heavy (non-hydrogen) atoms. The van der Waals surface area contributed by atoms with Gasteiger partial charge in [0.25, 0.3) is 0 Å². The Morgan fingerprint density at radius 2 is 2.00 bits per heavy atom. The minimum absolute atomic E-state index is 0.969. The van der Waals surface area contributed by atoms with E-state index >= 15 is 0 Å². The fraction of sp³-hybridized carbons (Fsp3) is 0.308. The summed E-state index contributed by atoms with van der Waals surface area (Å²) in [4.78, 5) is 0. The number of hydrogen-bond donors (Lipinski definition) is 0. The van der Waals surface area contributed by atoms with Crippen LogP contribution >= 0.6 is 0 Å². The van der Waals surface area contributed by atoms with Crippen molar-refractivity contribution in [3.8, 4) is 0 Å². The molecule has 0 heterocycles. The normalized spacial score (nSPS) is 10.4. The zero-order valence-corrected chi connectivity index (χ0v) is 8.80. The van der Waals surface area contributed by atoms with Crippen LogP contribution in [0.1, 0.15) is 27.2 Å². The summed E-state index contributed by atoms with van der Waals surface area (Å²) in [5, 5.41) is 0. The molecule has 0 rings (SSSR count). The summed E-state index contributed by atoms with van der Waals surface area (Å²) < 4.78 is 0. The highest BCUT2D eigenvalue weighted by molar-refractivity contribution is 5.36. The third-order valence-electron chi connectivity index (χ3n) is 1.66. The lowest BCUT2D eigenvalue weighted by atomic mass is 10.1. The van der Waals surface area contributed by atoms with Crippen molar-refractivity contribution in [1.82, 2.24) is 0 Å². The van der Waals surface area contributed by atoms with Crippen LogP contribution in [0.15, 0.2) is 53.8 Å². The second kappa shape index (κ2) is 7.39. The van der Waals surface area contributed by atoms with Crippen LogP contribution < -0.4 is 0 Å². The molecule has 0 aliphatic rings. The molecule has 70 valence electrons. The van der Waals surface area contributed by atoms with Gasteiger partial charge in [-0.1, -0.05) is 37.8 Å². The van der Waals surface area contributed by atoms with Gasteiger partial charge in [-0.2, -0.15) is 0 Å². The van der Waals surface area contributed by atoms with Gasteiger partial charge in [-0.25, -0.2) is 0 Å². The molecule has 0 fully saturated rings. The van der Waals surface area contributed by atoms with E-state index in [0.717, 1.165) is 17.6 Å². The Morgan fingerprint density at radius 3 is 2.46 bits per heavy atom. The average molecular weight is 174 g/mol. The second-order valence-corrected chi connectivity index (χ2v) is 2.69. The van der Waals surface area contributed by atoms with Crippen molar-refractivity contribution in [2.75, 3.05) is 0 Å². The average Bonchev–Trinajstić information content (AvgIpc) is 2.13. The summed E-state index contributed by atoms with van der Waals surface area (Å²) in [6, 6.07) is 0. The summed E-state index contributed by atoms with van der Waals surface area (Å²) in [5.74, 6) is 0. The van der Waals surface area contributed by atoms with Crippen molar-refractivity contribution in [2.45, 2.75) is 27.2 Å². The maximum absolute atomic E-state index is 3.96. The van der Waals surface area contributed by atoms with E-state index in [4.69, 9.17) is 0 Å². The molecular weight excluding hydrogens is 156 g/mol. The molecule has 0 aliphatic heterocycles. The molecule has 0 aromatic carbocycles. The van der Waals surface area contributed by atoms with Crippen LogP contribution in [0.2, 0.25) is 0 Å². The molecular formula is C13H18. The van der Waals surface area contributed by atoms with E-state index in [1.54, 1.807) is 0 Å². The van der Waals surface area contributed by atoms with Crippen molar-refractivity contribution in [3.05, 3.63) is 53.8 Å². The molecule has 0 radical (unpaired) electrons. The molecule has 0 amide bonds. The number of allylic oxidation sites excluding steroid dienone is 6. The van der Waals surface area contributed by atoms with Gasteiger partial charge in [0.05, 0.1) is 0 Å². The standard InChI is InChI=1S/C13H18/c1-5-8-9-11-13(7-3)12(4)10-6-2/h5-6,8-10H,4,7H2,1-3H3/b8-5-,10-6-. The fourth-order valence-electron chi connectivity index (χ4n) is 0.969. The summed E-state index contributed by atoms with van der Waals surface area (Å²) in [7, 11) is 0. The van der Waals surface area contributed by atoms with Gasteiger partial charge in [0.1, 0.15) is 0 Å². The third kappa shape index (κ3) is 5.05. The number of hydrogen-bond acceptors (Lipinski definition) is 0. The lowest BCUT2D eigenvalue weighted by Crippen LogP contribution is -1.80. The Kier molecular flexibility index (Phi) is 6.68. The molecule has 0 aromatic heterocycles. The highest BCUT2D eigenvalue weighted by Gasteiger charge is 1.92. The van der Waals surface area contributed by atoms with E-state index in [-0.39, 0.29) is 0 Å². The van der Waals surface area contributed by atoms with Crippen LogP contribution in [0.25, 0.3) is 0 Å². The highest BCUT2D eigenvalue weighted by Crippen LogP contribution is 2.11. The molecule has 0 unspecified atom stereocenters. The SMILES string of the molecule is C=C(/C=C\C)C(=C=C/C=C\C)CC. The van der Waals surface area contributed by atoms with E-state index < -0.39 is 0 Å². The molecule has 0 bridgehead atoms. The first-order valence-corrected chi connectivity index (χ1v) is 4.65. The van der Waals surface area contributed by atoms with Gasteiger partial charge < -0.3 is 0 Å². The minimum atomic E-state index is 0.969. The quantitative estimate of drug-likeness (QED) is 0.443. The smallest absolute Gasteiger partial charge is 0.000323 e. The van der Waals surface area contributed by atoms with Crippen molar-refractivity contribution in [2.24, 2.45) is 0 Å². The summed E-state index contributed by atoms with van der Waals surface area (Å²) in [5.41, 5.74) is 5.42. The van der Waals surface area contributed by atoms with Crippen molar-refractivity contribution < 1.29 is 0 Å². The Balaban J connectivity index is 4.68. The monoisotopic (exact) mass is 174 g/mol. The molecule has 0 aromatic rings. The van der Waals surface area contributed by atoms with Gasteiger partial charge in [0.15, 0.2) is 0 Å². The lowest BCUT2D eigenvalue weighted by Gasteiger charge is -1.98. The maximum atomic E-state index is 3.96. The molecule has 0 nitrogen and oxygen atoms in total.